The van der Waals surface area contributed by atoms with E-state index < -0.39 is 6.04 Å². The van der Waals surface area contributed by atoms with Crippen LogP contribution in [-0.2, 0) is 17.9 Å². The summed E-state index contributed by atoms with van der Waals surface area (Å²) in [6.45, 7) is 4.77. The number of amides is 2. The molecule has 0 fully saturated rings. The third-order valence-corrected chi connectivity index (χ3v) is 4.98. The highest BCUT2D eigenvalue weighted by molar-refractivity contribution is 6.33. The normalized spacial score (nSPS) is 11.9. The molecule has 1 aromatic heterocycles. The van der Waals surface area contributed by atoms with Gasteiger partial charge in [-0.15, -0.1) is 0 Å². The molecule has 0 saturated carbocycles. The molecule has 3 rings (SSSR count). The third kappa shape index (κ3) is 5.67. The molecule has 0 radical (unpaired) electrons. The molecule has 0 aliphatic carbocycles. The fourth-order valence-corrected chi connectivity index (χ4v) is 3.18. The number of carbonyl (C=O) groups is 2. The lowest BCUT2D eigenvalue weighted by molar-refractivity contribution is -0.124. The van der Waals surface area contributed by atoms with Crippen molar-refractivity contribution in [2.45, 2.75) is 33.0 Å². The Morgan fingerprint density at radius 2 is 1.77 bits per heavy atom. The second kappa shape index (κ2) is 10.0. The first kappa shape index (κ1) is 21.5. The SMILES string of the molecule is CC(C)C(NC(=O)c1ccccc1Cl)C(=O)NCc1ccc(Cn2cncn2)cc1. The summed E-state index contributed by atoms with van der Waals surface area (Å²) in [7, 11) is 0. The van der Waals surface area contributed by atoms with Gasteiger partial charge in [0.25, 0.3) is 5.91 Å². The summed E-state index contributed by atoms with van der Waals surface area (Å²) in [5.41, 5.74) is 2.40. The highest BCUT2D eigenvalue weighted by atomic mass is 35.5. The number of carbonyl (C=O) groups excluding carboxylic acids is 2. The van der Waals surface area contributed by atoms with E-state index in [0.717, 1.165) is 11.1 Å². The fourth-order valence-electron chi connectivity index (χ4n) is 2.96. The zero-order valence-electron chi connectivity index (χ0n) is 16.9. The van der Waals surface area contributed by atoms with Crippen LogP contribution in [0.15, 0.2) is 61.2 Å². The van der Waals surface area contributed by atoms with Crippen molar-refractivity contribution in [3.8, 4) is 0 Å². The van der Waals surface area contributed by atoms with Crippen LogP contribution in [0.4, 0.5) is 0 Å². The van der Waals surface area contributed by atoms with Crippen molar-refractivity contribution in [2.24, 2.45) is 5.92 Å². The minimum atomic E-state index is -0.666. The summed E-state index contributed by atoms with van der Waals surface area (Å²) >= 11 is 6.09. The van der Waals surface area contributed by atoms with Crippen molar-refractivity contribution >= 4 is 23.4 Å². The first-order valence-electron chi connectivity index (χ1n) is 9.67. The van der Waals surface area contributed by atoms with Crippen LogP contribution in [0.1, 0.15) is 35.3 Å². The predicted molar refractivity (Wildman–Crippen MR) is 115 cm³/mol. The topological polar surface area (TPSA) is 88.9 Å². The molecule has 2 N–H and O–H groups in total. The van der Waals surface area contributed by atoms with Crippen LogP contribution < -0.4 is 10.6 Å². The van der Waals surface area contributed by atoms with Gasteiger partial charge in [0.1, 0.15) is 18.7 Å². The van der Waals surface area contributed by atoms with E-state index in [1.807, 2.05) is 38.1 Å². The number of hydrogen-bond acceptors (Lipinski definition) is 4. The molecule has 3 aromatic rings. The summed E-state index contributed by atoms with van der Waals surface area (Å²) in [6.07, 6.45) is 3.16. The van der Waals surface area contributed by atoms with Crippen molar-refractivity contribution in [1.82, 2.24) is 25.4 Å². The predicted octanol–water partition coefficient (Wildman–Crippen LogP) is 3.05. The number of hydrogen-bond donors (Lipinski definition) is 2. The summed E-state index contributed by atoms with van der Waals surface area (Å²) in [6, 6.07) is 14.0. The van der Waals surface area contributed by atoms with Crippen LogP contribution in [0.3, 0.4) is 0 Å². The number of benzene rings is 2. The Kier molecular flexibility index (Phi) is 7.19. The Labute approximate surface area is 180 Å². The summed E-state index contributed by atoms with van der Waals surface area (Å²) in [5.74, 6) is -0.689. The molecule has 0 saturated heterocycles. The van der Waals surface area contributed by atoms with Gasteiger partial charge in [0.2, 0.25) is 5.91 Å². The van der Waals surface area contributed by atoms with E-state index in [0.29, 0.717) is 23.7 Å². The van der Waals surface area contributed by atoms with Crippen LogP contribution in [0, 0.1) is 5.92 Å². The van der Waals surface area contributed by atoms with Gasteiger partial charge in [0.05, 0.1) is 17.1 Å². The Balaban J connectivity index is 1.57. The maximum absolute atomic E-state index is 12.7. The highest BCUT2D eigenvalue weighted by Crippen LogP contribution is 2.15. The molecular weight excluding hydrogens is 402 g/mol. The molecule has 8 heteroatoms. The van der Waals surface area contributed by atoms with Gasteiger partial charge in [-0.25, -0.2) is 9.67 Å². The average molecular weight is 426 g/mol. The molecule has 7 nitrogen and oxygen atoms in total. The van der Waals surface area contributed by atoms with Gasteiger partial charge in [-0.3, -0.25) is 9.59 Å². The van der Waals surface area contributed by atoms with E-state index in [9.17, 15) is 9.59 Å². The van der Waals surface area contributed by atoms with Gasteiger partial charge in [-0.1, -0.05) is 61.8 Å². The quantitative estimate of drug-likeness (QED) is 0.580. The Hall–Kier alpha value is -3.19. The van der Waals surface area contributed by atoms with E-state index in [1.54, 1.807) is 35.3 Å². The van der Waals surface area contributed by atoms with Crippen molar-refractivity contribution in [3.05, 3.63) is 82.9 Å². The van der Waals surface area contributed by atoms with Gasteiger partial charge >= 0.3 is 0 Å². The lowest BCUT2D eigenvalue weighted by Crippen LogP contribution is -2.49. The van der Waals surface area contributed by atoms with Crippen LogP contribution in [0.2, 0.25) is 5.02 Å². The third-order valence-electron chi connectivity index (χ3n) is 4.66. The largest absolute Gasteiger partial charge is 0.350 e. The van der Waals surface area contributed by atoms with Gasteiger partial charge < -0.3 is 10.6 Å². The molecule has 1 unspecified atom stereocenters. The zero-order valence-corrected chi connectivity index (χ0v) is 17.6. The Morgan fingerprint density at radius 1 is 1.07 bits per heavy atom. The van der Waals surface area contributed by atoms with Gasteiger partial charge in [-0.05, 0) is 29.2 Å². The van der Waals surface area contributed by atoms with Crippen molar-refractivity contribution < 1.29 is 9.59 Å². The number of nitrogens with zero attached hydrogens (tertiary/aromatic N) is 3. The zero-order chi connectivity index (χ0) is 21.5. The summed E-state index contributed by atoms with van der Waals surface area (Å²) in [4.78, 5) is 29.2. The first-order chi connectivity index (χ1) is 14.4. The number of rotatable bonds is 8. The number of halogens is 1. The standard InChI is InChI=1S/C22H24ClN5O2/c1-15(2)20(27-21(29)18-5-3-4-6-19(18)23)22(30)25-11-16-7-9-17(10-8-16)12-28-14-24-13-26-28/h3-10,13-15,20H,11-12H2,1-2H3,(H,25,30)(H,27,29). The van der Waals surface area contributed by atoms with Crippen molar-refractivity contribution in [2.75, 3.05) is 0 Å². The highest BCUT2D eigenvalue weighted by Gasteiger charge is 2.25. The van der Waals surface area contributed by atoms with Gasteiger partial charge in [-0.2, -0.15) is 5.10 Å². The van der Waals surface area contributed by atoms with Crippen molar-refractivity contribution in [3.63, 3.8) is 0 Å². The maximum Gasteiger partial charge on any atom is 0.253 e. The molecule has 156 valence electrons. The lowest BCUT2D eigenvalue weighted by Gasteiger charge is -2.22. The molecule has 0 aliphatic rings. The minimum absolute atomic E-state index is 0.0820. The molecule has 1 heterocycles. The second-order valence-corrected chi connectivity index (χ2v) is 7.71. The lowest BCUT2D eigenvalue weighted by atomic mass is 10.0. The molecule has 0 aliphatic heterocycles. The van der Waals surface area contributed by atoms with E-state index in [4.69, 9.17) is 11.6 Å². The number of nitrogens with one attached hydrogen (secondary N) is 2. The van der Waals surface area contributed by atoms with E-state index in [2.05, 4.69) is 20.7 Å². The minimum Gasteiger partial charge on any atom is -0.350 e. The van der Waals surface area contributed by atoms with E-state index >= 15 is 0 Å². The monoisotopic (exact) mass is 425 g/mol. The average Bonchev–Trinajstić information content (AvgIpc) is 3.24. The van der Waals surface area contributed by atoms with Gasteiger partial charge in [0.15, 0.2) is 0 Å². The molecule has 30 heavy (non-hydrogen) atoms. The molecule has 1 atom stereocenters. The molecular formula is C22H24ClN5O2. The molecule has 2 amide bonds. The number of aromatic nitrogens is 3. The Bertz CT molecular complexity index is 987. The maximum atomic E-state index is 12.7. The van der Waals surface area contributed by atoms with E-state index in [1.165, 1.54) is 6.33 Å². The second-order valence-electron chi connectivity index (χ2n) is 7.30. The van der Waals surface area contributed by atoms with Crippen LogP contribution in [0.5, 0.6) is 0 Å². The van der Waals surface area contributed by atoms with Crippen LogP contribution in [0.25, 0.3) is 0 Å². The Morgan fingerprint density at radius 3 is 2.40 bits per heavy atom. The first-order valence-corrected chi connectivity index (χ1v) is 10.0. The molecule has 2 aromatic carbocycles. The summed E-state index contributed by atoms with van der Waals surface area (Å²) < 4.78 is 1.74. The van der Waals surface area contributed by atoms with Crippen molar-refractivity contribution in [1.29, 1.82) is 0 Å². The summed E-state index contributed by atoms with van der Waals surface area (Å²) in [5, 5.41) is 10.1. The van der Waals surface area contributed by atoms with E-state index in [-0.39, 0.29) is 17.7 Å². The van der Waals surface area contributed by atoms with Crippen LogP contribution >= 0.6 is 11.6 Å². The smallest absolute Gasteiger partial charge is 0.253 e. The molecule has 0 bridgehead atoms. The van der Waals surface area contributed by atoms with Gasteiger partial charge in [0, 0.05) is 6.54 Å². The molecule has 0 spiro atoms. The van der Waals surface area contributed by atoms with Crippen LogP contribution in [-0.4, -0.2) is 32.6 Å². The fraction of sp³-hybridized carbons (Fsp3) is 0.273.